The van der Waals surface area contributed by atoms with E-state index in [2.05, 4.69) is 20.5 Å². The molecule has 1 N–H and O–H groups in total. The van der Waals surface area contributed by atoms with Gasteiger partial charge < -0.3 is 5.32 Å². The molecule has 0 aliphatic rings. The van der Waals surface area contributed by atoms with E-state index in [1.807, 2.05) is 66.9 Å². The number of nitrogens with one attached hydrogen (secondary N) is 1. The van der Waals surface area contributed by atoms with Crippen LogP contribution in [-0.4, -0.2) is 31.4 Å². The number of rotatable bonds is 6. The van der Waals surface area contributed by atoms with Crippen molar-refractivity contribution in [2.75, 3.05) is 11.1 Å². The molecule has 2 heterocycles. The van der Waals surface area contributed by atoms with Gasteiger partial charge in [0.2, 0.25) is 5.91 Å². The molecule has 6 nitrogen and oxygen atoms in total. The minimum atomic E-state index is -0.146. The number of carbonyl (C=O) groups is 1. The Hall–Kier alpha value is -3.16. The molecule has 0 bridgehead atoms. The van der Waals surface area contributed by atoms with Crippen molar-refractivity contribution in [1.82, 2.24) is 19.7 Å². The maximum absolute atomic E-state index is 12.5. The van der Waals surface area contributed by atoms with Gasteiger partial charge in [-0.05, 0) is 55.3 Å². The maximum atomic E-state index is 12.5. The molecule has 4 rings (SSSR count). The summed E-state index contributed by atoms with van der Waals surface area (Å²) in [6.07, 6.45) is 3.47. The Morgan fingerprint density at radius 2 is 1.90 bits per heavy atom. The number of hydrogen-bond acceptors (Lipinski definition) is 5. The lowest BCUT2D eigenvalue weighted by molar-refractivity contribution is -0.113. The average molecular weight is 450 g/mol. The van der Waals surface area contributed by atoms with Crippen LogP contribution < -0.4 is 5.32 Å². The minimum absolute atomic E-state index is 0.146. The van der Waals surface area contributed by atoms with Crippen molar-refractivity contribution in [3.8, 4) is 17.1 Å². The fourth-order valence-corrected chi connectivity index (χ4v) is 4.00. The highest BCUT2D eigenvalue weighted by Crippen LogP contribution is 2.29. The largest absolute Gasteiger partial charge is 0.325 e. The first kappa shape index (κ1) is 21.1. The standard InChI is InChI=1S/C23H20ClN5OS/c1-15-9-10-18(12-19(15)24)26-21(30)14-31-23-28-27-22(17-7-5-11-25-13-17)29(23)20-8-4-3-6-16(20)2/h3-13H,14H2,1-2H3,(H,26,30). The molecule has 0 spiro atoms. The smallest absolute Gasteiger partial charge is 0.234 e. The topological polar surface area (TPSA) is 72.7 Å². The fourth-order valence-electron chi connectivity index (χ4n) is 3.07. The van der Waals surface area contributed by atoms with Crippen LogP contribution in [0.1, 0.15) is 11.1 Å². The van der Waals surface area contributed by atoms with Crippen LogP contribution in [0.5, 0.6) is 0 Å². The second-order valence-corrected chi connectivity index (χ2v) is 8.32. The first-order chi connectivity index (χ1) is 15.0. The Morgan fingerprint density at radius 3 is 2.65 bits per heavy atom. The van der Waals surface area contributed by atoms with E-state index in [4.69, 9.17) is 11.6 Å². The third-order valence-corrected chi connectivity index (χ3v) is 6.03. The number of benzene rings is 2. The Balaban J connectivity index is 1.59. The van der Waals surface area contributed by atoms with E-state index in [0.717, 1.165) is 22.4 Å². The molecule has 0 saturated carbocycles. The third kappa shape index (κ3) is 4.78. The lowest BCUT2D eigenvalue weighted by Crippen LogP contribution is -2.14. The van der Waals surface area contributed by atoms with Crippen LogP contribution in [-0.2, 0) is 4.79 Å². The van der Waals surface area contributed by atoms with Crippen LogP contribution >= 0.6 is 23.4 Å². The van der Waals surface area contributed by atoms with Crippen molar-refractivity contribution >= 4 is 35.0 Å². The SMILES string of the molecule is Cc1ccc(NC(=O)CSc2nnc(-c3cccnc3)n2-c2ccccc2C)cc1Cl. The summed E-state index contributed by atoms with van der Waals surface area (Å²) in [5.41, 5.74) is 4.51. The minimum Gasteiger partial charge on any atom is -0.325 e. The zero-order valence-corrected chi connectivity index (χ0v) is 18.6. The number of thioether (sulfide) groups is 1. The van der Waals surface area contributed by atoms with E-state index in [9.17, 15) is 4.79 Å². The summed E-state index contributed by atoms with van der Waals surface area (Å²) in [6.45, 7) is 3.95. The Bertz CT molecular complexity index is 1230. The van der Waals surface area contributed by atoms with Gasteiger partial charge >= 0.3 is 0 Å². The van der Waals surface area contributed by atoms with Crippen LogP contribution in [0.4, 0.5) is 5.69 Å². The molecular weight excluding hydrogens is 430 g/mol. The second kappa shape index (κ2) is 9.32. The number of halogens is 1. The van der Waals surface area contributed by atoms with E-state index in [1.54, 1.807) is 18.5 Å². The molecule has 0 unspecified atom stereocenters. The molecule has 8 heteroatoms. The van der Waals surface area contributed by atoms with Crippen LogP contribution in [0, 0.1) is 13.8 Å². The van der Waals surface area contributed by atoms with Crippen LogP contribution in [0.15, 0.2) is 72.1 Å². The summed E-state index contributed by atoms with van der Waals surface area (Å²) in [6, 6.07) is 17.3. The number of hydrogen-bond donors (Lipinski definition) is 1. The Morgan fingerprint density at radius 1 is 1.06 bits per heavy atom. The highest BCUT2D eigenvalue weighted by molar-refractivity contribution is 7.99. The van der Waals surface area contributed by atoms with Gasteiger partial charge in [-0.25, -0.2) is 0 Å². The van der Waals surface area contributed by atoms with E-state index >= 15 is 0 Å². The van der Waals surface area contributed by atoms with Gasteiger partial charge in [0.05, 0.1) is 11.4 Å². The van der Waals surface area contributed by atoms with Gasteiger partial charge in [0.15, 0.2) is 11.0 Å². The third-order valence-electron chi connectivity index (χ3n) is 4.70. The van der Waals surface area contributed by atoms with Gasteiger partial charge in [0.1, 0.15) is 0 Å². The lowest BCUT2D eigenvalue weighted by atomic mass is 10.2. The van der Waals surface area contributed by atoms with Crippen molar-refractivity contribution in [2.45, 2.75) is 19.0 Å². The molecule has 0 atom stereocenters. The van der Waals surface area contributed by atoms with Crippen LogP contribution in [0.2, 0.25) is 5.02 Å². The number of para-hydroxylation sites is 1. The number of pyridine rings is 1. The quantitative estimate of drug-likeness (QED) is 0.403. The highest BCUT2D eigenvalue weighted by atomic mass is 35.5. The first-order valence-corrected chi connectivity index (χ1v) is 11.0. The predicted octanol–water partition coefficient (Wildman–Crippen LogP) is 5.33. The molecule has 2 aromatic carbocycles. The molecule has 0 radical (unpaired) electrons. The van der Waals surface area contributed by atoms with Gasteiger partial charge in [0, 0.05) is 28.7 Å². The molecule has 2 aromatic heterocycles. The fraction of sp³-hybridized carbons (Fsp3) is 0.130. The van der Waals surface area contributed by atoms with Crippen LogP contribution in [0.3, 0.4) is 0 Å². The molecule has 1 amide bonds. The van der Waals surface area contributed by atoms with E-state index < -0.39 is 0 Å². The molecule has 156 valence electrons. The molecule has 0 fully saturated rings. The summed E-state index contributed by atoms with van der Waals surface area (Å²) in [7, 11) is 0. The average Bonchev–Trinajstić information content (AvgIpc) is 3.19. The summed E-state index contributed by atoms with van der Waals surface area (Å²) in [4.78, 5) is 16.7. The highest BCUT2D eigenvalue weighted by Gasteiger charge is 2.18. The van der Waals surface area contributed by atoms with Crippen molar-refractivity contribution < 1.29 is 4.79 Å². The second-order valence-electron chi connectivity index (χ2n) is 6.97. The first-order valence-electron chi connectivity index (χ1n) is 9.63. The number of carbonyl (C=O) groups excluding carboxylic acids is 1. The van der Waals surface area contributed by atoms with Crippen molar-refractivity contribution in [3.05, 3.63) is 83.1 Å². The van der Waals surface area contributed by atoms with E-state index in [0.29, 0.717) is 21.7 Å². The monoisotopic (exact) mass is 449 g/mol. The van der Waals surface area contributed by atoms with Gasteiger partial charge in [0.25, 0.3) is 0 Å². The summed E-state index contributed by atoms with van der Waals surface area (Å²) in [5.74, 6) is 0.713. The van der Waals surface area contributed by atoms with Gasteiger partial charge in [-0.15, -0.1) is 10.2 Å². The molecule has 4 aromatic rings. The van der Waals surface area contributed by atoms with Crippen molar-refractivity contribution in [2.24, 2.45) is 0 Å². The zero-order valence-electron chi connectivity index (χ0n) is 17.0. The summed E-state index contributed by atoms with van der Waals surface area (Å²) < 4.78 is 1.97. The number of nitrogens with zero attached hydrogens (tertiary/aromatic N) is 4. The molecule has 0 aliphatic heterocycles. The number of anilines is 1. The predicted molar refractivity (Wildman–Crippen MR) is 125 cm³/mol. The molecule has 31 heavy (non-hydrogen) atoms. The van der Waals surface area contributed by atoms with Crippen LogP contribution in [0.25, 0.3) is 17.1 Å². The Kier molecular flexibility index (Phi) is 6.34. The van der Waals surface area contributed by atoms with Crippen molar-refractivity contribution in [3.63, 3.8) is 0 Å². The Labute approximate surface area is 189 Å². The van der Waals surface area contributed by atoms with Crippen molar-refractivity contribution in [1.29, 1.82) is 0 Å². The zero-order chi connectivity index (χ0) is 21.8. The van der Waals surface area contributed by atoms with E-state index in [-0.39, 0.29) is 11.7 Å². The number of aryl methyl sites for hydroxylation is 2. The number of aromatic nitrogens is 4. The molecule has 0 aliphatic carbocycles. The van der Waals surface area contributed by atoms with E-state index in [1.165, 1.54) is 11.8 Å². The lowest BCUT2D eigenvalue weighted by Gasteiger charge is -2.13. The summed E-state index contributed by atoms with van der Waals surface area (Å²) in [5, 5.41) is 12.9. The molecule has 0 saturated heterocycles. The normalized spacial score (nSPS) is 10.8. The number of amides is 1. The summed E-state index contributed by atoms with van der Waals surface area (Å²) >= 11 is 7.48. The maximum Gasteiger partial charge on any atom is 0.234 e. The van der Waals surface area contributed by atoms with Gasteiger partial charge in [-0.1, -0.05) is 47.6 Å². The molecular formula is C23H20ClN5OS. The van der Waals surface area contributed by atoms with Gasteiger partial charge in [-0.2, -0.15) is 0 Å². The van der Waals surface area contributed by atoms with Gasteiger partial charge in [-0.3, -0.25) is 14.3 Å².